The van der Waals surface area contributed by atoms with Gasteiger partial charge < -0.3 is 19.6 Å². The quantitative estimate of drug-likeness (QED) is 0.815. The highest BCUT2D eigenvalue weighted by atomic mass is 32.1. The van der Waals surface area contributed by atoms with Gasteiger partial charge in [-0.25, -0.2) is 0 Å². The minimum atomic E-state index is -0.501. The minimum absolute atomic E-state index is 0.194. The number of aliphatic hydroxyl groups excluding tert-OH is 1. The third-order valence-electron chi connectivity index (χ3n) is 3.75. The number of carbonyl (C=O) groups excluding carboxylic acids is 1. The van der Waals surface area contributed by atoms with Crippen LogP contribution < -0.4 is 0 Å². The van der Waals surface area contributed by atoms with E-state index >= 15 is 0 Å². The number of likely N-dealkylation sites (N-methyl/N-ethyl adjacent to an activating group) is 1. The standard InChI is InChI=1S/C15H24N2O3S/c1-16(10-13(18)11-20-2)6-4-15(19)17-7-3-14-12(9-17)5-8-21-14/h5,8,13,18H,3-4,6-7,9-11H2,1-2H3. The monoisotopic (exact) mass is 312 g/mol. The van der Waals surface area contributed by atoms with E-state index in [4.69, 9.17) is 4.74 Å². The zero-order valence-electron chi connectivity index (χ0n) is 12.7. The van der Waals surface area contributed by atoms with E-state index in [-0.39, 0.29) is 5.91 Å². The normalized spacial score (nSPS) is 16.1. The zero-order valence-corrected chi connectivity index (χ0v) is 13.6. The first-order valence-electron chi connectivity index (χ1n) is 7.28. The maximum absolute atomic E-state index is 12.3. The van der Waals surface area contributed by atoms with Gasteiger partial charge in [0.05, 0.1) is 12.7 Å². The number of thiophene rings is 1. The van der Waals surface area contributed by atoms with Crippen molar-refractivity contribution in [3.63, 3.8) is 0 Å². The third kappa shape index (κ3) is 4.78. The smallest absolute Gasteiger partial charge is 0.224 e. The zero-order chi connectivity index (χ0) is 15.2. The molecule has 0 saturated heterocycles. The Kier molecular flexibility index (Phi) is 6.17. The number of hydrogen-bond acceptors (Lipinski definition) is 5. The van der Waals surface area contributed by atoms with Crippen LogP contribution in [0.5, 0.6) is 0 Å². The molecule has 1 amide bonds. The summed E-state index contributed by atoms with van der Waals surface area (Å²) in [6.45, 7) is 3.07. The molecule has 1 aromatic rings. The Labute approximate surface area is 130 Å². The number of ether oxygens (including phenoxy) is 1. The lowest BCUT2D eigenvalue weighted by Gasteiger charge is -2.28. The molecular formula is C15H24N2O3S. The molecule has 0 saturated carbocycles. The molecule has 6 heteroatoms. The van der Waals surface area contributed by atoms with Gasteiger partial charge in [0.2, 0.25) is 5.91 Å². The van der Waals surface area contributed by atoms with E-state index in [1.165, 1.54) is 10.4 Å². The number of rotatable bonds is 7. The Morgan fingerprint density at radius 1 is 1.62 bits per heavy atom. The van der Waals surface area contributed by atoms with Crippen LogP contribution >= 0.6 is 11.3 Å². The number of nitrogens with zero attached hydrogens (tertiary/aromatic N) is 2. The van der Waals surface area contributed by atoms with Crippen molar-refractivity contribution in [3.05, 3.63) is 21.9 Å². The van der Waals surface area contributed by atoms with Gasteiger partial charge >= 0.3 is 0 Å². The van der Waals surface area contributed by atoms with Crippen LogP contribution in [0, 0.1) is 0 Å². The second kappa shape index (κ2) is 7.89. The van der Waals surface area contributed by atoms with E-state index in [1.54, 1.807) is 18.4 Å². The van der Waals surface area contributed by atoms with E-state index in [1.807, 2.05) is 16.8 Å². The van der Waals surface area contributed by atoms with Crippen LogP contribution in [0.15, 0.2) is 11.4 Å². The van der Waals surface area contributed by atoms with Gasteiger partial charge in [0, 0.05) is 44.6 Å². The van der Waals surface area contributed by atoms with Crippen LogP contribution in [0.4, 0.5) is 0 Å². The number of methoxy groups -OCH3 is 1. The van der Waals surface area contributed by atoms with E-state index in [0.717, 1.165) is 19.5 Å². The van der Waals surface area contributed by atoms with Gasteiger partial charge in [0.25, 0.3) is 0 Å². The Bertz CT molecular complexity index is 464. The lowest BCUT2D eigenvalue weighted by Crippen LogP contribution is -2.38. The molecule has 118 valence electrons. The average molecular weight is 312 g/mol. The Balaban J connectivity index is 1.73. The summed E-state index contributed by atoms with van der Waals surface area (Å²) in [4.78, 5) is 17.6. The number of amides is 1. The second-order valence-electron chi connectivity index (χ2n) is 5.56. The summed E-state index contributed by atoms with van der Waals surface area (Å²) in [7, 11) is 3.49. The van der Waals surface area contributed by atoms with Crippen molar-refractivity contribution in [1.82, 2.24) is 9.80 Å². The molecule has 0 fully saturated rings. The van der Waals surface area contributed by atoms with E-state index < -0.39 is 6.10 Å². The van der Waals surface area contributed by atoms with Gasteiger partial charge in [0.15, 0.2) is 0 Å². The van der Waals surface area contributed by atoms with E-state index in [9.17, 15) is 9.90 Å². The maximum Gasteiger partial charge on any atom is 0.224 e. The molecule has 1 aliphatic heterocycles. The molecule has 1 unspecified atom stereocenters. The molecular weight excluding hydrogens is 288 g/mol. The fraction of sp³-hybridized carbons (Fsp3) is 0.667. The predicted molar refractivity (Wildman–Crippen MR) is 83.4 cm³/mol. The first-order chi connectivity index (χ1) is 10.1. The van der Waals surface area contributed by atoms with Gasteiger partial charge in [-0.3, -0.25) is 4.79 Å². The SMILES string of the molecule is COCC(O)CN(C)CCC(=O)N1CCc2sccc2C1. The summed E-state index contributed by atoms with van der Waals surface area (Å²) in [6.07, 6.45) is 0.968. The van der Waals surface area contributed by atoms with E-state index in [0.29, 0.717) is 26.1 Å². The number of hydrogen-bond donors (Lipinski definition) is 1. The van der Waals surface area contributed by atoms with Gasteiger partial charge in [0.1, 0.15) is 0 Å². The van der Waals surface area contributed by atoms with Crippen LogP contribution in [0.3, 0.4) is 0 Å². The van der Waals surface area contributed by atoms with Gasteiger partial charge in [-0.2, -0.15) is 0 Å². The molecule has 5 nitrogen and oxygen atoms in total. The van der Waals surface area contributed by atoms with E-state index in [2.05, 4.69) is 11.4 Å². The fourth-order valence-electron chi connectivity index (χ4n) is 2.60. The molecule has 0 radical (unpaired) electrons. The molecule has 2 heterocycles. The number of carbonyl (C=O) groups is 1. The summed E-state index contributed by atoms with van der Waals surface area (Å²) < 4.78 is 4.90. The molecule has 0 aromatic carbocycles. The maximum atomic E-state index is 12.3. The molecule has 0 bridgehead atoms. The van der Waals surface area contributed by atoms with Crippen molar-refractivity contribution in [2.75, 3.05) is 40.4 Å². The van der Waals surface area contributed by atoms with Crippen molar-refractivity contribution < 1.29 is 14.6 Å². The molecule has 1 atom stereocenters. The predicted octanol–water partition coefficient (Wildman–Crippen LogP) is 0.962. The number of fused-ring (bicyclic) bond motifs is 1. The summed E-state index contributed by atoms with van der Waals surface area (Å²) in [5.74, 6) is 0.194. The van der Waals surface area contributed by atoms with Crippen molar-refractivity contribution in [3.8, 4) is 0 Å². The number of aliphatic hydroxyl groups is 1. The Hall–Kier alpha value is -0.950. The van der Waals surface area contributed by atoms with Crippen molar-refractivity contribution in [2.45, 2.75) is 25.5 Å². The second-order valence-corrected chi connectivity index (χ2v) is 6.56. The first-order valence-corrected chi connectivity index (χ1v) is 8.16. The van der Waals surface area contributed by atoms with Crippen LogP contribution in [0.1, 0.15) is 16.9 Å². The molecule has 1 aromatic heterocycles. The lowest BCUT2D eigenvalue weighted by atomic mass is 10.1. The lowest BCUT2D eigenvalue weighted by molar-refractivity contribution is -0.132. The van der Waals surface area contributed by atoms with Gasteiger partial charge in [-0.1, -0.05) is 0 Å². The van der Waals surface area contributed by atoms with Crippen LogP contribution in [0.25, 0.3) is 0 Å². The Morgan fingerprint density at radius 3 is 3.19 bits per heavy atom. The molecule has 2 rings (SSSR count). The highest BCUT2D eigenvalue weighted by Crippen LogP contribution is 2.24. The van der Waals surface area contributed by atoms with Crippen molar-refractivity contribution in [1.29, 1.82) is 0 Å². The molecule has 21 heavy (non-hydrogen) atoms. The first kappa shape index (κ1) is 16.4. The molecule has 0 aliphatic carbocycles. The molecule has 1 aliphatic rings. The Morgan fingerprint density at radius 2 is 2.43 bits per heavy atom. The summed E-state index contributed by atoms with van der Waals surface area (Å²) in [5.41, 5.74) is 1.29. The van der Waals surface area contributed by atoms with Crippen LogP contribution in [0.2, 0.25) is 0 Å². The summed E-state index contributed by atoms with van der Waals surface area (Å²) in [6, 6.07) is 2.12. The highest BCUT2D eigenvalue weighted by molar-refractivity contribution is 7.10. The van der Waals surface area contributed by atoms with Crippen molar-refractivity contribution >= 4 is 17.2 Å². The van der Waals surface area contributed by atoms with Gasteiger partial charge in [-0.15, -0.1) is 11.3 Å². The highest BCUT2D eigenvalue weighted by Gasteiger charge is 2.21. The molecule has 0 spiro atoms. The van der Waals surface area contributed by atoms with Crippen LogP contribution in [-0.2, 0) is 22.5 Å². The van der Waals surface area contributed by atoms with Crippen LogP contribution in [-0.4, -0.2) is 67.3 Å². The minimum Gasteiger partial charge on any atom is -0.389 e. The fourth-order valence-corrected chi connectivity index (χ4v) is 3.49. The average Bonchev–Trinajstić information content (AvgIpc) is 2.92. The summed E-state index contributed by atoms with van der Waals surface area (Å²) >= 11 is 1.78. The summed E-state index contributed by atoms with van der Waals surface area (Å²) in [5, 5.41) is 11.8. The van der Waals surface area contributed by atoms with Crippen molar-refractivity contribution in [2.24, 2.45) is 0 Å². The third-order valence-corrected chi connectivity index (χ3v) is 4.77. The van der Waals surface area contributed by atoms with Gasteiger partial charge in [-0.05, 0) is 30.5 Å². The topological polar surface area (TPSA) is 53.0 Å². The largest absolute Gasteiger partial charge is 0.389 e. The molecule has 1 N–H and O–H groups in total.